The lowest BCUT2D eigenvalue weighted by Crippen LogP contribution is -2.53. The van der Waals surface area contributed by atoms with Gasteiger partial charge in [-0.1, -0.05) is 24.3 Å². The zero-order chi connectivity index (χ0) is 29.5. The van der Waals surface area contributed by atoms with Crippen LogP contribution in [0, 0.1) is 5.82 Å². The largest absolute Gasteiger partial charge is 0.435 e. The fraction of sp³-hybridized carbons (Fsp3) is 0.360. The van der Waals surface area contributed by atoms with Crippen molar-refractivity contribution in [3.05, 3.63) is 83.4 Å². The van der Waals surface area contributed by atoms with Gasteiger partial charge in [-0.05, 0) is 43.2 Å². The first kappa shape index (κ1) is 28.1. The van der Waals surface area contributed by atoms with Crippen molar-refractivity contribution < 1.29 is 48.3 Å². The maximum atomic E-state index is 14.6. The van der Waals surface area contributed by atoms with E-state index in [4.69, 9.17) is 0 Å². The summed E-state index contributed by atoms with van der Waals surface area (Å²) in [6.45, 7) is 0.692. The third-order valence-corrected chi connectivity index (χ3v) is 10.3. The molecular weight excluding hydrogens is 574 g/mol. The third-order valence-electron chi connectivity index (χ3n) is 7.76. The van der Waals surface area contributed by atoms with E-state index in [0.29, 0.717) is 12.1 Å². The van der Waals surface area contributed by atoms with Gasteiger partial charge in [0.25, 0.3) is 5.91 Å². The van der Waals surface area contributed by atoms with Gasteiger partial charge in [-0.25, -0.2) is 17.2 Å². The van der Waals surface area contributed by atoms with Gasteiger partial charge in [-0.15, -0.1) is 0 Å². The second-order valence-electron chi connectivity index (χ2n) is 9.87. The number of rotatable bonds is 3. The smallest absolute Gasteiger partial charge is 0.338 e. The molecule has 0 saturated carbocycles. The first-order chi connectivity index (χ1) is 18.4. The first-order valence-corrected chi connectivity index (χ1v) is 13.2. The summed E-state index contributed by atoms with van der Waals surface area (Å²) >= 11 is 0. The molecule has 214 valence electrons. The fourth-order valence-electron chi connectivity index (χ4n) is 5.56. The van der Waals surface area contributed by atoms with Crippen LogP contribution < -0.4 is 0 Å². The highest BCUT2D eigenvalue weighted by Gasteiger charge is 2.73. The van der Waals surface area contributed by atoms with Gasteiger partial charge in [0.05, 0.1) is 4.90 Å². The highest BCUT2D eigenvalue weighted by molar-refractivity contribution is 7.92. The van der Waals surface area contributed by atoms with Crippen molar-refractivity contribution in [1.29, 1.82) is 0 Å². The molecule has 6 nitrogen and oxygen atoms in total. The topological polar surface area (TPSA) is 72.3 Å². The standard InChI is InChI=1S/C25H19F8N3O3S/c1-21(36-11-2-10-34-36)18-13-17(26)7-8-19(18)40(38,39)22(9-12-35(14-22)20(21)37)15-3-5-16(6-4-15)23(27,24(28,29)30)25(31,32)33/h2-8,10-11,13H,9,12,14H2,1H3/t21?,22-/m0/s1. The van der Waals surface area contributed by atoms with Crippen LogP contribution in [-0.2, 0) is 30.6 Å². The normalized spacial score (nSPS) is 24.9. The Kier molecular flexibility index (Phi) is 5.97. The number of amides is 1. The van der Waals surface area contributed by atoms with E-state index in [1.54, 1.807) is 0 Å². The van der Waals surface area contributed by atoms with Crippen LogP contribution in [0.15, 0.2) is 65.8 Å². The number of nitrogens with zero attached hydrogens (tertiary/aromatic N) is 3. The van der Waals surface area contributed by atoms with Crippen LogP contribution in [0.5, 0.6) is 0 Å². The zero-order valence-corrected chi connectivity index (χ0v) is 21.2. The van der Waals surface area contributed by atoms with Gasteiger partial charge in [0.15, 0.2) is 15.4 Å². The predicted octanol–water partition coefficient (Wildman–Crippen LogP) is 4.99. The Bertz CT molecular complexity index is 1570. The lowest BCUT2D eigenvalue weighted by atomic mass is 9.89. The molecule has 3 heterocycles. The molecule has 40 heavy (non-hydrogen) atoms. The van der Waals surface area contributed by atoms with Crippen LogP contribution in [0.25, 0.3) is 0 Å². The lowest BCUT2D eigenvalue weighted by Gasteiger charge is -2.39. The van der Waals surface area contributed by atoms with Gasteiger partial charge in [0, 0.05) is 36.6 Å². The van der Waals surface area contributed by atoms with Crippen molar-refractivity contribution in [2.75, 3.05) is 13.1 Å². The number of carbonyl (C=O) groups is 1. The van der Waals surface area contributed by atoms with E-state index < -0.39 is 66.9 Å². The Morgan fingerprint density at radius 1 is 0.950 bits per heavy atom. The summed E-state index contributed by atoms with van der Waals surface area (Å²) in [5, 5.41) is 4.07. The summed E-state index contributed by atoms with van der Waals surface area (Å²) in [6, 6.07) is 6.02. The third kappa shape index (κ3) is 3.55. The van der Waals surface area contributed by atoms with Gasteiger partial charge in [0.1, 0.15) is 10.6 Å². The van der Waals surface area contributed by atoms with Crippen LogP contribution >= 0.6 is 0 Å². The molecule has 1 fully saturated rings. The van der Waals surface area contributed by atoms with Crippen molar-refractivity contribution in [1.82, 2.24) is 14.7 Å². The number of fused-ring (bicyclic) bond motifs is 3. The predicted molar refractivity (Wildman–Crippen MR) is 123 cm³/mol. The zero-order valence-electron chi connectivity index (χ0n) is 20.4. The molecule has 3 aromatic rings. The van der Waals surface area contributed by atoms with E-state index in [0.717, 1.165) is 18.2 Å². The highest BCUT2D eigenvalue weighted by atomic mass is 32.2. The molecule has 1 unspecified atom stereocenters. The summed E-state index contributed by atoms with van der Waals surface area (Å²) in [5.41, 5.74) is -9.82. The van der Waals surface area contributed by atoms with E-state index in [1.807, 2.05) is 0 Å². The molecule has 0 radical (unpaired) electrons. The van der Waals surface area contributed by atoms with Crippen LogP contribution in [0.2, 0.25) is 0 Å². The van der Waals surface area contributed by atoms with Gasteiger partial charge < -0.3 is 4.90 Å². The summed E-state index contributed by atoms with van der Waals surface area (Å²) < 4.78 is 136. The summed E-state index contributed by atoms with van der Waals surface area (Å²) in [5.74, 6) is -1.52. The molecule has 1 saturated heterocycles. The van der Waals surface area contributed by atoms with E-state index in [1.165, 1.54) is 35.0 Å². The Labute approximate surface area is 222 Å². The second-order valence-corrected chi connectivity index (χ2v) is 12.1. The van der Waals surface area contributed by atoms with Crippen LogP contribution in [0.1, 0.15) is 30.0 Å². The van der Waals surface area contributed by atoms with Gasteiger partial charge in [-0.3, -0.25) is 9.48 Å². The quantitative estimate of drug-likeness (QED) is 0.317. The molecule has 0 aliphatic carbocycles. The monoisotopic (exact) mass is 593 g/mol. The van der Waals surface area contributed by atoms with Crippen LogP contribution in [0.4, 0.5) is 35.1 Å². The van der Waals surface area contributed by atoms with Crippen molar-refractivity contribution in [3.63, 3.8) is 0 Å². The van der Waals surface area contributed by atoms with Crippen LogP contribution in [0.3, 0.4) is 0 Å². The van der Waals surface area contributed by atoms with Crippen molar-refractivity contribution in [2.24, 2.45) is 0 Å². The molecule has 2 bridgehead atoms. The molecule has 0 spiro atoms. The second kappa shape index (κ2) is 8.51. The first-order valence-electron chi connectivity index (χ1n) is 11.7. The van der Waals surface area contributed by atoms with E-state index in [9.17, 15) is 48.3 Å². The molecule has 5 rings (SSSR count). The molecule has 1 aromatic heterocycles. The van der Waals surface area contributed by atoms with E-state index in [2.05, 4.69) is 5.10 Å². The minimum Gasteiger partial charge on any atom is -0.338 e. The van der Waals surface area contributed by atoms with Gasteiger partial charge in [0.2, 0.25) is 0 Å². The minimum absolute atomic E-state index is 0.161. The minimum atomic E-state index is -6.35. The fourth-order valence-corrected chi connectivity index (χ4v) is 7.91. The average Bonchev–Trinajstić information content (AvgIpc) is 3.57. The number of benzene rings is 2. The Morgan fingerprint density at radius 3 is 2.12 bits per heavy atom. The molecule has 2 aromatic carbocycles. The molecule has 2 atom stereocenters. The van der Waals surface area contributed by atoms with Crippen molar-refractivity contribution in [2.45, 2.75) is 46.5 Å². The molecule has 15 heteroatoms. The Balaban J connectivity index is 1.73. The number of sulfone groups is 1. The number of alkyl halides is 7. The summed E-state index contributed by atoms with van der Waals surface area (Å²) in [6.07, 6.45) is -10.3. The number of hydrogen-bond acceptors (Lipinski definition) is 4. The molecule has 1 amide bonds. The van der Waals surface area contributed by atoms with Crippen LogP contribution in [-0.4, -0.2) is 54.4 Å². The molecule has 0 N–H and O–H groups in total. The molecule has 2 aliphatic rings. The van der Waals surface area contributed by atoms with Gasteiger partial charge >= 0.3 is 18.0 Å². The molecule has 2 aliphatic heterocycles. The average molecular weight is 593 g/mol. The number of carbonyl (C=O) groups excluding carboxylic acids is 1. The van der Waals surface area contributed by atoms with Crippen molar-refractivity contribution in [3.8, 4) is 0 Å². The molecular formula is C25H19F8N3O3S. The Hall–Kier alpha value is -3.49. The summed E-state index contributed by atoms with van der Waals surface area (Å²) in [7, 11) is -4.61. The van der Waals surface area contributed by atoms with Gasteiger partial charge in [-0.2, -0.15) is 31.4 Å². The SMILES string of the molecule is CC1(n2cccn2)C(=O)N2CC[C@@](c3ccc(C(F)(C(F)(F)F)C(F)(F)F)cc3)(C2)S(=O)(=O)c2ccc(F)cc21. The summed E-state index contributed by atoms with van der Waals surface area (Å²) in [4.78, 5) is 14.6. The number of aromatic nitrogens is 2. The maximum absolute atomic E-state index is 14.6. The highest BCUT2D eigenvalue weighted by Crippen LogP contribution is 2.54. The number of halogens is 8. The maximum Gasteiger partial charge on any atom is 0.435 e. The number of hydrogen-bond donors (Lipinski definition) is 0. The van der Waals surface area contributed by atoms with E-state index in [-0.39, 0.29) is 36.2 Å². The lowest BCUT2D eigenvalue weighted by molar-refractivity contribution is -0.348. The van der Waals surface area contributed by atoms with Crippen molar-refractivity contribution >= 4 is 15.7 Å². The Morgan fingerprint density at radius 2 is 1.57 bits per heavy atom. The van der Waals surface area contributed by atoms with E-state index >= 15 is 0 Å².